The number of pyridine rings is 1. The number of thiophene rings is 1. The number of aliphatic hydroxyl groups is 1. The number of furan rings is 1. The van der Waals surface area contributed by atoms with Gasteiger partial charge in [-0.15, -0.1) is 40.5 Å². The van der Waals surface area contributed by atoms with E-state index < -0.39 is 0 Å². The van der Waals surface area contributed by atoms with Gasteiger partial charge in [-0.25, -0.2) is 0 Å². The number of fused-ring (bicyclic) bond motifs is 2. The summed E-state index contributed by atoms with van der Waals surface area (Å²) < 4.78 is 7.67. The number of carbonyl (C=O) groups is 1. The maximum atomic E-state index is 11.7. The topological polar surface area (TPSA) is 63.3 Å². The van der Waals surface area contributed by atoms with Crippen LogP contribution in [0.5, 0.6) is 0 Å². The van der Waals surface area contributed by atoms with Crippen molar-refractivity contribution in [1.82, 2.24) is 4.98 Å². The molecule has 0 bridgehead atoms. The van der Waals surface area contributed by atoms with Crippen molar-refractivity contribution in [3.05, 3.63) is 89.0 Å². The van der Waals surface area contributed by atoms with E-state index >= 15 is 0 Å². The fourth-order valence-electron chi connectivity index (χ4n) is 6.57. The molecule has 4 nitrogen and oxygen atoms in total. The van der Waals surface area contributed by atoms with Gasteiger partial charge in [0.15, 0.2) is 5.78 Å². The second kappa shape index (κ2) is 17.6. The number of hydrogen-bond acceptors (Lipinski definition) is 5. The Hall–Kier alpha value is -3.05. The Morgan fingerprint density at radius 2 is 1.55 bits per heavy atom. The number of aromatic nitrogens is 1. The van der Waals surface area contributed by atoms with Crippen LogP contribution in [0.15, 0.2) is 64.9 Å². The molecule has 3 aromatic heterocycles. The van der Waals surface area contributed by atoms with Gasteiger partial charge >= 0.3 is 0 Å². The third-order valence-electron chi connectivity index (χ3n) is 9.82. The van der Waals surface area contributed by atoms with Crippen LogP contribution in [0.3, 0.4) is 0 Å². The maximum absolute atomic E-state index is 11.7. The van der Waals surface area contributed by atoms with Gasteiger partial charge in [-0.05, 0) is 79.0 Å². The Bertz CT molecular complexity index is 1960. The van der Waals surface area contributed by atoms with E-state index in [-0.39, 0.29) is 54.3 Å². The Morgan fingerprint density at radius 3 is 2.14 bits per heavy atom. The molecular weight excluding hydrogens is 827 g/mol. The molecule has 0 spiro atoms. The monoisotopic (exact) mass is 885 g/mol. The molecular formula is C45H58IrNO3S-. The van der Waals surface area contributed by atoms with Gasteiger partial charge in [0.25, 0.3) is 0 Å². The SMILES string of the molecule is CCC(CC)C(=O)/C=C(\O)C(CC)CC.Cc1c(CC(C)(C)C)oc(-c2cc3ccnc(-c4[c-]c5ccccc5c(C(C)(C)C)c4)c3s2)c1C.[Ir]. The van der Waals surface area contributed by atoms with E-state index in [4.69, 9.17) is 9.40 Å². The van der Waals surface area contributed by atoms with Crippen molar-refractivity contribution in [3.63, 3.8) is 0 Å². The molecule has 0 amide bonds. The summed E-state index contributed by atoms with van der Waals surface area (Å²) in [5, 5.41) is 13.3. The van der Waals surface area contributed by atoms with Crippen LogP contribution in [-0.2, 0) is 36.7 Å². The molecule has 5 rings (SSSR count). The van der Waals surface area contributed by atoms with Crippen molar-refractivity contribution in [2.24, 2.45) is 17.3 Å². The summed E-state index contributed by atoms with van der Waals surface area (Å²) >= 11 is 1.77. The quantitative estimate of drug-likeness (QED) is 0.0862. The molecule has 2 aromatic carbocycles. The molecule has 0 aliphatic carbocycles. The van der Waals surface area contributed by atoms with Gasteiger partial charge in [0.1, 0.15) is 11.5 Å². The number of benzene rings is 2. The first-order chi connectivity index (χ1) is 23.5. The van der Waals surface area contributed by atoms with Crippen LogP contribution in [0.25, 0.3) is 42.8 Å². The van der Waals surface area contributed by atoms with E-state index in [0.29, 0.717) is 0 Å². The predicted octanol–water partition coefficient (Wildman–Crippen LogP) is 13.5. The van der Waals surface area contributed by atoms with Crippen LogP contribution < -0.4 is 0 Å². The van der Waals surface area contributed by atoms with Crippen molar-refractivity contribution >= 4 is 38.0 Å². The number of carbonyl (C=O) groups excluding carboxylic acids is 1. The van der Waals surface area contributed by atoms with Crippen LogP contribution in [0.2, 0.25) is 0 Å². The zero-order valence-corrected chi connectivity index (χ0v) is 36.1. The van der Waals surface area contributed by atoms with Crippen LogP contribution in [0.1, 0.15) is 117 Å². The first-order valence-electron chi connectivity index (χ1n) is 18.4. The Balaban J connectivity index is 0.000000374. The smallest absolute Gasteiger partial charge is 0.162 e. The number of hydrogen-bond donors (Lipinski definition) is 1. The molecule has 51 heavy (non-hydrogen) atoms. The standard InChI is InChI=1S/C32H34NOS.C13H24O2.Ir/c1-19-20(2)29(34-26(19)18-31(3,4)5)27-17-22-13-14-33-28(30(22)35-27)23-15-21-11-9-10-12-24(21)25(16-23)32(6,7)8;1-5-10(6-2)12(14)9-13(15)11(7-3)8-4;/h9-14,16-17H,18H2,1-8H3;9-11,14H,5-8H2,1-4H3;/q-1;;/b;12-9-;. The van der Waals surface area contributed by atoms with Gasteiger partial charge in [0.2, 0.25) is 0 Å². The minimum absolute atomic E-state index is 0. The summed E-state index contributed by atoms with van der Waals surface area (Å²) in [6, 6.07) is 18.9. The maximum Gasteiger partial charge on any atom is 0.162 e. The minimum Gasteiger partial charge on any atom is -0.512 e. The molecule has 0 aliphatic heterocycles. The van der Waals surface area contributed by atoms with E-state index in [9.17, 15) is 9.90 Å². The first-order valence-corrected chi connectivity index (χ1v) is 19.2. The second-order valence-electron chi connectivity index (χ2n) is 15.9. The molecule has 0 unspecified atom stereocenters. The van der Waals surface area contributed by atoms with Crippen LogP contribution >= 0.6 is 11.3 Å². The first kappa shape index (κ1) is 42.4. The van der Waals surface area contributed by atoms with Gasteiger partial charge in [-0.3, -0.25) is 9.78 Å². The molecule has 0 saturated heterocycles. The van der Waals surface area contributed by atoms with Crippen molar-refractivity contribution in [1.29, 1.82) is 0 Å². The molecule has 6 heteroatoms. The molecule has 0 saturated carbocycles. The molecule has 0 fully saturated rings. The van der Waals surface area contributed by atoms with E-state index in [0.717, 1.165) is 65.1 Å². The summed E-state index contributed by atoms with van der Waals surface area (Å²) in [5.74, 6) is 2.64. The normalized spacial score (nSPS) is 12.4. The van der Waals surface area contributed by atoms with E-state index in [1.807, 2.05) is 33.9 Å². The van der Waals surface area contributed by atoms with Gasteiger partial charge in [-0.2, -0.15) is 0 Å². The van der Waals surface area contributed by atoms with Crippen molar-refractivity contribution in [2.75, 3.05) is 0 Å². The van der Waals surface area contributed by atoms with E-state index in [1.165, 1.54) is 38.2 Å². The zero-order chi connectivity index (χ0) is 37.0. The predicted molar refractivity (Wildman–Crippen MR) is 214 cm³/mol. The Labute approximate surface area is 324 Å². The van der Waals surface area contributed by atoms with Crippen LogP contribution in [0, 0.1) is 37.2 Å². The van der Waals surface area contributed by atoms with Crippen molar-refractivity contribution in [2.45, 2.75) is 121 Å². The Kier molecular flexibility index (Phi) is 14.7. The number of nitrogens with zero attached hydrogens (tertiary/aromatic N) is 1. The summed E-state index contributed by atoms with van der Waals surface area (Å²) in [4.78, 5) is 17.7. The van der Waals surface area contributed by atoms with Gasteiger partial charge in [0, 0.05) is 61.0 Å². The fourth-order valence-corrected chi connectivity index (χ4v) is 7.76. The summed E-state index contributed by atoms with van der Waals surface area (Å²) in [5.41, 5.74) is 6.06. The zero-order valence-electron chi connectivity index (χ0n) is 32.8. The van der Waals surface area contributed by atoms with E-state index in [2.05, 4.69) is 104 Å². The minimum atomic E-state index is 0. The summed E-state index contributed by atoms with van der Waals surface area (Å²) in [7, 11) is 0. The van der Waals surface area contributed by atoms with E-state index in [1.54, 1.807) is 11.3 Å². The largest absolute Gasteiger partial charge is 0.512 e. The summed E-state index contributed by atoms with van der Waals surface area (Å²) in [6.45, 7) is 26.0. The number of ketones is 1. The number of aliphatic hydroxyl groups excluding tert-OH is 1. The van der Waals surface area contributed by atoms with Gasteiger partial charge in [0.05, 0.1) is 10.6 Å². The van der Waals surface area contributed by atoms with Crippen molar-refractivity contribution < 1.29 is 34.4 Å². The number of allylic oxidation sites excluding steroid dienone is 2. The van der Waals surface area contributed by atoms with Gasteiger partial charge in [-0.1, -0.05) is 98.4 Å². The van der Waals surface area contributed by atoms with Crippen LogP contribution in [0.4, 0.5) is 0 Å². The van der Waals surface area contributed by atoms with Gasteiger partial charge < -0.3 is 9.52 Å². The molecule has 1 N–H and O–H groups in total. The Morgan fingerprint density at radius 1 is 0.922 bits per heavy atom. The average molecular weight is 885 g/mol. The molecule has 3 heterocycles. The second-order valence-corrected chi connectivity index (χ2v) is 17.0. The van der Waals surface area contributed by atoms with Crippen molar-refractivity contribution in [3.8, 4) is 21.9 Å². The molecule has 1 radical (unpaired) electrons. The number of rotatable bonds is 10. The average Bonchev–Trinajstić information content (AvgIpc) is 3.61. The third-order valence-corrected chi connectivity index (χ3v) is 11.0. The summed E-state index contributed by atoms with van der Waals surface area (Å²) in [6.07, 6.45) is 7.75. The molecule has 277 valence electrons. The fraction of sp³-hybridized carbons (Fsp3) is 0.467. The molecule has 0 aliphatic rings. The van der Waals surface area contributed by atoms with Crippen LogP contribution in [-0.4, -0.2) is 15.9 Å². The molecule has 5 aromatic rings. The third kappa shape index (κ3) is 10.1. The molecule has 0 atom stereocenters.